The average Bonchev–Trinajstić information content (AvgIpc) is 3.19. The molecule has 1 amide bonds. The second-order valence-corrected chi connectivity index (χ2v) is 6.53. The maximum atomic E-state index is 12.2. The Labute approximate surface area is 160 Å². The average molecular weight is 388 g/mol. The van der Waals surface area contributed by atoms with E-state index >= 15 is 0 Å². The highest BCUT2D eigenvalue weighted by Crippen LogP contribution is 2.46. The summed E-state index contributed by atoms with van der Waals surface area (Å²) in [5.74, 6) is -3.67. The third kappa shape index (κ3) is 3.62. The molecule has 1 aliphatic heterocycles. The second kappa shape index (κ2) is 7.83. The molecule has 1 saturated heterocycles. The minimum Gasteiger partial charge on any atom is -0.508 e. The molecule has 9 nitrogen and oxygen atoms in total. The number of nitrogens with zero attached hydrogens (tertiary/aromatic N) is 1. The lowest BCUT2D eigenvalue weighted by Crippen LogP contribution is -2.35. The number of benzene rings is 1. The Hall–Kier alpha value is -3.17. The molecule has 4 N–H and O–H groups in total. The molecule has 1 spiro atoms. The number of allylic oxidation sites excluding steroid dienone is 1. The number of carboxylic acid groups (broad SMARTS) is 2. The molecule has 0 bridgehead atoms. The first-order valence-corrected chi connectivity index (χ1v) is 8.68. The normalized spacial score (nSPS) is 23.0. The molecule has 2 aliphatic rings. The summed E-state index contributed by atoms with van der Waals surface area (Å²) in [4.78, 5) is 41.5. The number of aromatic carboxylic acids is 1. The Morgan fingerprint density at radius 1 is 1.25 bits per heavy atom. The van der Waals surface area contributed by atoms with Gasteiger partial charge in [0.1, 0.15) is 11.7 Å². The van der Waals surface area contributed by atoms with Gasteiger partial charge in [-0.05, 0) is 30.2 Å². The summed E-state index contributed by atoms with van der Waals surface area (Å²) in [7, 11) is 0. The van der Waals surface area contributed by atoms with Gasteiger partial charge in [0.15, 0.2) is 5.54 Å². The lowest BCUT2D eigenvalue weighted by atomic mass is 9.87. The van der Waals surface area contributed by atoms with Gasteiger partial charge in [0.05, 0.1) is 12.2 Å². The van der Waals surface area contributed by atoms with Gasteiger partial charge in [0.25, 0.3) is 5.91 Å². The van der Waals surface area contributed by atoms with E-state index in [1.54, 1.807) is 18.2 Å². The first-order chi connectivity index (χ1) is 13.4. The Morgan fingerprint density at radius 2 is 2.00 bits per heavy atom. The number of aliphatic hydroxyl groups is 1. The monoisotopic (exact) mass is 388 g/mol. The topological polar surface area (TPSA) is 136 Å². The van der Waals surface area contributed by atoms with Crippen LogP contribution in [0.4, 0.5) is 0 Å². The van der Waals surface area contributed by atoms with E-state index in [2.05, 4.69) is 5.48 Å². The van der Waals surface area contributed by atoms with Crippen molar-refractivity contribution in [1.29, 1.82) is 0 Å². The summed E-state index contributed by atoms with van der Waals surface area (Å²) < 4.78 is 0. The highest BCUT2D eigenvalue weighted by molar-refractivity contribution is 6.09. The van der Waals surface area contributed by atoms with E-state index in [9.17, 15) is 24.6 Å². The van der Waals surface area contributed by atoms with Crippen LogP contribution >= 0.6 is 0 Å². The van der Waals surface area contributed by atoms with Crippen molar-refractivity contribution in [2.45, 2.75) is 18.6 Å². The van der Waals surface area contributed by atoms with E-state index in [4.69, 9.17) is 9.94 Å². The van der Waals surface area contributed by atoms with Crippen molar-refractivity contribution >= 4 is 17.8 Å². The smallest absolute Gasteiger partial charge is 0.336 e. The summed E-state index contributed by atoms with van der Waals surface area (Å²) in [5.41, 5.74) is 2.09. The van der Waals surface area contributed by atoms with Gasteiger partial charge in [-0.3, -0.25) is 14.4 Å². The van der Waals surface area contributed by atoms with Crippen molar-refractivity contribution < 1.29 is 34.5 Å². The van der Waals surface area contributed by atoms with Crippen molar-refractivity contribution in [2.24, 2.45) is 5.92 Å². The van der Waals surface area contributed by atoms with Gasteiger partial charge in [0, 0.05) is 13.1 Å². The molecule has 28 heavy (non-hydrogen) atoms. The highest BCUT2D eigenvalue weighted by Gasteiger charge is 2.67. The third-order valence-electron chi connectivity index (χ3n) is 4.79. The first kappa shape index (κ1) is 19.6. The number of carbonyl (C=O) groups is 3. The first-order valence-electron chi connectivity index (χ1n) is 8.68. The van der Waals surface area contributed by atoms with Crippen molar-refractivity contribution in [3.63, 3.8) is 0 Å². The van der Waals surface area contributed by atoms with Gasteiger partial charge >= 0.3 is 11.9 Å². The van der Waals surface area contributed by atoms with Gasteiger partial charge < -0.3 is 20.2 Å². The lowest BCUT2D eigenvalue weighted by molar-refractivity contribution is -0.141. The lowest BCUT2D eigenvalue weighted by Gasteiger charge is -2.20. The second-order valence-electron chi connectivity index (χ2n) is 6.53. The molecule has 2 atom stereocenters. The van der Waals surface area contributed by atoms with E-state index in [0.717, 1.165) is 0 Å². The van der Waals surface area contributed by atoms with Crippen molar-refractivity contribution in [3.8, 4) is 0 Å². The van der Waals surface area contributed by atoms with Gasteiger partial charge in [-0.1, -0.05) is 24.3 Å². The minimum absolute atomic E-state index is 0.0670. The number of hydrogen-bond acceptors (Lipinski definition) is 6. The van der Waals surface area contributed by atoms with Crippen LogP contribution in [-0.4, -0.2) is 56.7 Å². The van der Waals surface area contributed by atoms with Crippen LogP contribution in [0.5, 0.6) is 0 Å². The molecule has 2 unspecified atom stereocenters. The molecule has 0 radical (unpaired) electrons. The molecule has 9 heteroatoms. The number of aliphatic carboxylic acids is 1. The number of nitrogens with one attached hydrogen (secondary N) is 1. The van der Waals surface area contributed by atoms with Gasteiger partial charge in [-0.15, -0.1) is 0 Å². The Bertz CT molecular complexity index is 864. The largest absolute Gasteiger partial charge is 0.508 e. The summed E-state index contributed by atoms with van der Waals surface area (Å²) in [6.45, 7) is 0.734. The Morgan fingerprint density at radius 3 is 2.71 bits per heavy atom. The van der Waals surface area contributed by atoms with E-state index in [1.807, 2.05) is 0 Å². The molecule has 3 rings (SSSR count). The molecule has 1 aromatic rings. The number of hydrogen-bond donors (Lipinski definition) is 4. The molecular weight excluding hydrogens is 368 g/mol. The molecule has 1 heterocycles. The van der Waals surface area contributed by atoms with Crippen LogP contribution < -0.4 is 5.48 Å². The zero-order chi connectivity index (χ0) is 20.3. The number of carbonyl (C=O) groups excluding carboxylic acids is 1. The van der Waals surface area contributed by atoms with Crippen LogP contribution in [0.15, 0.2) is 48.3 Å². The van der Waals surface area contributed by atoms with Crippen LogP contribution in [0.1, 0.15) is 22.3 Å². The maximum absolute atomic E-state index is 12.2. The zero-order valence-electron chi connectivity index (χ0n) is 14.9. The van der Waals surface area contributed by atoms with Gasteiger partial charge in [0.2, 0.25) is 0 Å². The van der Waals surface area contributed by atoms with E-state index < -0.39 is 23.4 Å². The predicted molar refractivity (Wildman–Crippen MR) is 96.2 cm³/mol. The Kier molecular flexibility index (Phi) is 5.48. The number of hydroxylamine groups is 1. The third-order valence-corrected chi connectivity index (χ3v) is 4.79. The fourth-order valence-electron chi connectivity index (χ4n) is 3.37. The number of rotatable bonds is 9. The molecule has 1 aliphatic carbocycles. The number of amides is 1. The molecule has 1 fully saturated rings. The van der Waals surface area contributed by atoms with Crippen LogP contribution in [0, 0.1) is 5.92 Å². The van der Waals surface area contributed by atoms with Crippen LogP contribution in [0.3, 0.4) is 0 Å². The van der Waals surface area contributed by atoms with Crippen molar-refractivity contribution in [3.05, 3.63) is 59.4 Å². The maximum Gasteiger partial charge on any atom is 0.336 e. The number of aliphatic hydroxyl groups excluding tert-OH is 1. The fourth-order valence-corrected chi connectivity index (χ4v) is 3.37. The highest BCUT2D eigenvalue weighted by atomic mass is 16.6. The quantitative estimate of drug-likeness (QED) is 0.280. The van der Waals surface area contributed by atoms with Crippen molar-refractivity contribution in [1.82, 2.24) is 10.4 Å². The predicted octanol–water partition coefficient (Wildman–Crippen LogP) is 1.09. The number of carboxylic acids is 2. The Balaban J connectivity index is 1.45. The molecule has 0 aromatic heterocycles. The zero-order valence-corrected chi connectivity index (χ0v) is 14.9. The van der Waals surface area contributed by atoms with E-state index in [1.165, 1.54) is 29.2 Å². The standard InChI is InChI=1S/C19H20N2O7/c22-13-6-7-15(17(25)26)19(10-13)18(27)21(19)9-3-8-20-28-11-12-4-1-2-5-14(12)16(23)24/h1-2,4-7,10,15,20,22H,3,8-9,11H2,(H,23,24)(H,25,26). The van der Waals surface area contributed by atoms with Crippen molar-refractivity contribution in [2.75, 3.05) is 13.1 Å². The summed E-state index contributed by atoms with van der Waals surface area (Å²) >= 11 is 0. The molecular formula is C19H20N2O7. The molecule has 148 valence electrons. The van der Waals surface area contributed by atoms with Crippen LogP contribution in [0.25, 0.3) is 0 Å². The summed E-state index contributed by atoms with van der Waals surface area (Å²) in [6, 6.07) is 6.50. The molecule has 1 aromatic carbocycles. The minimum atomic E-state index is -1.31. The summed E-state index contributed by atoms with van der Waals surface area (Å²) in [5, 5.41) is 28.1. The van der Waals surface area contributed by atoms with Gasteiger partial charge in [-0.2, -0.15) is 0 Å². The molecule has 0 saturated carbocycles. The SMILES string of the molecule is O=C(O)c1ccccc1CONCCCN1C(=O)C12C=C(O)C=CC2C(=O)O. The summed E-state index contributed by atoms with van der Waals surface area (Å²) in [6.07, 6.45) is 4.36. The van der Waals surface area contributed by atoms with Gasteiger partial charge in [-0.25, -0.2) is 10.3 Å². The van der Waals surface area contributed by atoms with E-state index in [-0.39, 0.29) is 23.8 Å². The van der Waals surface area contributed by atoms with Crippen LogP contribution in [-0.2, 0) is 21.0 Å². The fraction of sp³-hybridized carbons (Fsp3) is 0.316. The van der Waals surface area contributed by atoms with E-state index in [0.29, 0.717) is 25.1 Å². The van der Waals surface area contributed by atoms with Crippen LogP contribution in [0.2, 0.25) is 0 Å².